The lowest BCUT2D eigenvalue weighted by Crippen LogP contribution is -2.51. The Morgan fingerprint density at radius 2 is 0.841 bits per heavy atom. The normalized spacial score (nSPS) is 13.3. The molecule has 2 heterocycles. The number of aromatic amines is 2. The second-order valence-corrected chi connectivity index (χ2v) is 22.4. The van der Waals surface area contributed by atoms with Crippen molar-refractivity contribution in [3.8, 4) is 34.3 Å². The number of nitrogens with two attached hydrogens (primary N) is 3. The number of aliphatic carboxylic acids is 6. The molecule has 0 aliphatic heterocycles. The Labute approximate surface area is 509 Å². The number of carbonyl (C=O) groups is 12. The smallest absolute Gasteiger partial charge is 0.322 e. The number of rotatable bonds is 38. The van der Waals surface area contributed by atoms with Crippen LogP contribution >= 0.6 is 35.3 Å². The highest BCUT2D eigenvalue weighted by Gasteiger charge is 2.34. The van der Waals surface area contributed by atoms with Crippen LogP contribution in [0.2, 0.25) is 0 Å². The van der Waals surface area contributed by atoms with Crippen molar-refractivity contribution >= 4 is 128 Å². The number of benzene rings is 2. The van der Waals surface area contributed by atoms with Crippen molar-refractivity contribution < 1.29 is 120 Å². The van der Waals surface area contributed by atoms with Gasteiger partial charge in [-0.2, -0.15) is 0 Å². The van der Waals surface area contributed by atoms with Gasteiger partial charge in [-0.25, -0.2) is 0 Å². The summed E-state index contributed by atoms with van der Waals surface area (Å²) in [6.07, 6.45) is -1.12. The van der Waals surface area contributed by atoms with Crippen LogP contribution in [0.1, 0.15) is 49.7 Å². The topological polar surface area (TPSA) is 644 Å². The molecule has 2 aromatic carbocycles. The number of phenolic OH excluding ortho intramolecular Hbond substituents is 4. The van der Waals surface area contributed by atoms with Crippen LogP contribution in [0.4, 0.5) is 0 Å². The molecule has 0 saturated carbocycles. The van der Waals surface area contributed by atoms with E-state index in [0.717, 1.165) is 11.8 Å². The minimum absolute atomic E-state index is 0.00686. The number of hydrogen-bond acceptors (Lipinski definition) is 22. The number of thioether (sulfide) groups is 3. The molecule has 0 aliphatic rings. The lowest BCUT2D eigenvalue weighted by atomic mass is 9.98. The van der Waals surface area contributed by atoms with Gasteiger partial charge in [0.05, 0.1) is 50.1 Å². The number of aromatic nitrogens is 2. The number of fused-ring (bicyclic) bond motifs is 2. The number of quaternary nitrogens is 2. The molecule has 0 radical (unpaired) electrons. The third kappa shape index (κ3) is 19.6. The largest absolute Gasteiger partial charge is 0.504 e. The third-order valence-electron chi connectivity index (χ3n) is 12.8. The summed E-state index contributed by atoms with van der Waals surface area (Å²) in [5.74, 6) is -19.8. The van der Waals surface area contributed by atoms with E-state index in [1.165, 1.54) is 6.20 Å². The summed E-state index contributed by atoms with van der Waals surface area (Å²) in [6, 6.07) is -9.34. The maximum absolute atomic E-state index is 13.6. The Balaban J connectivity index is 2.05. The molecular weight excluding hydrogens is 1230 g/mol. The van der Waals surface area contributed by atoms with Gasteiger partial charge in [-0.1, -0.05) is 0 Å². The van der Waals surface area contributed by atoms with Gasteiger partial charge in [0.15, 0.2) is 23.0 Å². The first-order valence-electron chi connectivity index (χ1n) is 26.4. The zero-order valence-electron chi connectivity index (χ0n) is 46.6. The van der Waals surface area contributed by atoms with E-state index in [2.05, 4.69) is 53.3 Å². The highest BCUT2D eigenvalue weighted by atomic mass is 32.2. The lowest BCUT2D eigenvalue weighted by Gasteiger charge is -2.21. The number of hydrogen-bond donors (Lipinski definition) is 23. The minimum atomic E-state index is -1.67. The molecule has 35 nitrogen and oxygen atoms in total. The minimum Gasteiger partial charge on any atom is -0.504 e. The Hall–Kier alpha value is -8.79. The van der Waals surface area contributed by atoms with Crippen molar-refractivity contribution in [3.05, 3.63) is 17.3 Å². The van der Waals surface area contributed by atoms with Gasteiger partial charge in [0.1, 0.15) is 55.9 Å². The third-order valence-corrected chi connectivity index (χ3v) is 16.4. The van der Waals surface area contributed by atoms with Gasteiger partial charge >= 0.3 is 35.8 Å². The molecule has 0 bridgehead atoms. The Bertz CT molecular complexity index is 3320. The molecule has 0 fully saturated rings. The van der Waals surface area contributed by atoms with Crippen LogP contribution in [0.5, 0.6) is 23.0 Å². The Morgan fingerprint density at radius 3 is 1.20 bits per heavy atom. The Morgan fingerprint density at radius 1 is 0.489 bits per heavy atom. The molecule has 4 rings (SSSR count). The van der Waals surface area contributed by atoms with Gasteiger partial charge in [-0.3, -0.25) is 57.5 Å². The summed E-state index contributed by atoms with van der Waals surface area (Å²) in [7, 11) is 0. The second kappa shape index (κ2) is 33.4. The number of aromatic hydroxyl groups is 4. The highest BCUT2D eigenvalue weighted by molar-refractivity contribution is 8.00. The van der Waals surface area contributed by atoms with Crippen molar-refractivity contribution in [3.63, 3.8) is 0 Å². The van der Waals surface area contributed by atoms with Crippen molar-refractivity contribution in [2.75, 3.05) is 50.0 Å². The number of phenols is 4. The van der Waals surface area contributed by atoms with E-state index in [1.54, 1.807) is 0 Å². The van der Waals surface area contributed by atoms with E-state index in [-0.39, 0.29) is 85.7 Å². The average molecular weight is 1300 g/mol. The number of amides is 6. The molecule has 2 aromatic heterocycles. The molecule has 482 valence electrons. The monoisotopic (exact) mass is 1300 g/mol. The Kier molecular flexibility index (Phi) is 27.2. The molecule has 0 saturated heterocycles. The summed E-state index contributed by atoms with van der Waals surface area (Å²) in [4.78, 5) is 154. The first-order chi connectivity index (χ1) is 41.4. The molecular formula is C50H69N13O22S3+2. The van der Waals surface area contributed by atoms with Gasteiger partial charge < -0.3 is 122 Å². The second-order valence-electron chi connectivity index (χ2n) is 19.3. The van der Waals surface area contributed by atoms with Gasteiger partial charge in [-0.15, -0.1) is 35.3 Å². The zero-order valence-corrected chi connectivity index (χ0v) is 49.0. The summed E-state index contributed by atoms with van der Waals surface area (Å²) in [5.41, 5.74) is 24.9. The first-order valence-corrected chi connectivity index (χ1v) is 29.4. The van der Waals surface area contributed by atoms with E-state index in [9.17, 15) is 109 Å². The van der Waals surface area contributed by atoms with Crippen molar-refractivity contribution in [1.29, 1.82) is 0 Å². The van der Waals surface area contributed by atoms with Gasteiger partial charge in [0.25, 0.3) is 0 Å². The molecule has 30 N–H and O–H groups in total. The molecule has 6 atom stereocenters. The van der Waals surface area contributed by atoms with E-state index >= 15 is 0 Å². The molecule has 6 amide bonds. The lowest BCUT2D eigenvalue weighted by molar-refractivity contribution is -0.367. The number of H-pyrrole nitrogens is 2. The number of carbonyl (C=O) groups excluding carboxylic acids is 6. The maximum Gasteiger partial charge on any atom is 0.322 e. The van der Waals surface area contributed by atoms with Crippen LogP contribution < -0.4 is 60.6 Å². The summed E-state index contributed by atoms with van der Waals surface area (Å²) >= 11 is 1.92. The predicted octanol–water partition coefficient (Wildman–Crippen LogP) is -5.38. The fraction of sp³-hybridized carbons (Fsp3) is 0.440. The molecule has 88 heavy (non-hydrogen) atoms. The van der Waals surface area contributed by atoms with Crippen LogP contribution in [-0.2, 0) is 70.4 Å². The quantitative estimate of drug-likeness (QED) is 0.0147. The fourth-order valence-corrected chi connectivity index (χ4v) is 11.9. The van der Waals surface area contributed by atoms with Crippen LogP contribution in [0.3, 0.4) is 0 Å². The van der Waals surface area contributed by atoms with Crippen molar-refractivity contribution in [2.24, 2.45) is 17.2 Å². The zero-order chi connectivity index (χ0) is 65.9. The van der Waals surface area contributed by atoms with Gasteiger partial charge in [0, 0.05) is 66.3 Å². The van der Waals surface area contributed by atoms with E-state index in [0.29, 0.717) is 29.1 Å². The van der Waals surface area contributed by atoms with Crippen LogP contribution in [0, 0.1) is 0 Å². The molecule has 0 aliphatic carbocycles. The average Bonchev–Trinajstić information content (AvgIpc) is 1.57. The number of carboxylic acid groups (broad SMARTS) is 6. The standard InChI is InChI=1S/C50H67N13O22S3/c51-9-7-18-11-56-36-32(18)42(86-15-23(45(77)57-12-29(67)68)60-26(64)4-1-20(53)48(80)81)39(74)38(73)34(36)35-19(8-10-52)33-37(63-35)44(88-17-25(47(79)59-14-31(71)72)62-28(66)6-3-22(55)50(84)85)41(76)40(75)43(33)87-16-24(46(78)58-13-30(69)70)61-27(65)5-2-21(54)49(82)83/h11,20-25,56,63,73-76H,1-10,12-17,51-55H2,(H,57,77)(H,58,78)(H,59,79)(H,60,64)(H,61,65)(H,62,66)(H,67,68)(H,69,70)(H,71,72)(H,80,81)(H,82,83)(H,84,85)/p+2. The number of carboxylic acids is 6. The van der Waals surface area contributed by atoms with Gasteiger partial charge in [0.2, 0.25) is 35.4 Å². The van der Waals surface area contributed by atoms with Crippen LogP contribution in [0.15, 0.2) is 20.9 Å². The maximum atomic E-state index is 13.6. The summed E-state index contributed by atoms with van der Waals surface area (Å²) in [5, 5.41) is 118. The van der Waals surface area contributed by atoms with Gasteiger partial charge in [-0.05, 0) is 30.4 Å². The van der Waals surface area contributed by atoms with Crippen molar-refractivity contribution in [2.45, 2.75) is 102 Å². The van der Waals surface area contributed by atoms with Crippen LogP contribution in [0.25, 0.3) is 33.1 Å². The van der Waals surface area contributed by atoms with E-state index in [1.807, 2.05) is 0 Å². The molecule has 38 heteroatoms. The highest BCUT2D eigenvalue weighted by Crippen LogP contribution is 2.55. The molecule has 0 spiro atoms. The number of nitrogens with one attached hydrogen (secondary N) is 8. The predicted molar refractivity (Wildman–Crippen MR) is 310 cm³/mol. The SMILES string of the molecule is NC(CCC(=O)NC(CSc1c(O)c(O)c(SCC(NC(=O)CCC(N)C(=O)O)C(=O)NCC(=O)O)c2c(CC[NH3+])c(-c3c(O)c(O)c(SCC(NC(=O)CCC(N)C(=O)O)C(=O)NCC(=O)O)c4c(CC[NH3+])c[nH]c34)[nH]c12)C(=O)NCC(=O)O)C(=O)O. The molecule has 6 unspecified atom stereocenters. The summed E-state index contributed by atoms with van der Waals surface area (Å²) in [6.45, 7) is -2.52. The van der Waals surface area contributed by atoms with E-state index in [4.69, 9.17) is 17.2 Å². The van der Waals surface area contributed by atoms with Crippen molar-refractivity contribution in [1.82, 2.24) is 41.9 Å². The first kappa shape index (κ1) is 71.7. The van der Waals surface area contributed by atoms with Crippen LogP contribution in [-0.4, -0.2) is 219 Å². The molecule has 4 aromatic rings. The summed E-state index contributed by atoms with van der Waals surface area (Å²) < 4.78 is 0. The fourth-order valence-electron chi connectivity index (χ4n) is 8.42. The van der Waals surface area contributed by atoms with E-state index < -0.39 is 200 Å².